The first-order valence-electron chi connectivity index (χ1n) is 5.51. The van der Waals surface area contributed by atoms with E-state index in [-0.39, 0.29) is 21.7 Å². The van der Waals surface area contributed by atoms with Gasteiger partial charge in [-0.05, 0) is 12.1 Å². The summed E-state index contributed by atoms with van der Waals surface area (Å²) in [5, 5.41) is 0.174. The highest BCUT2D eigenvalue weighted by atomic mass is 35.5. The molecule has 0 saturated carbocycles. The quantitative estimate of drug-likeness (QED) is 0.767. The summed E-state index contributed by atoms with van der Waals surface area (Å²) in [7, 11) is 0. The van der Waals surface area contributed by atoms with Crippen LogP contribution in [0.5, 0.6) is 5.75 Å². The van der Waals surface area contributed by atoms with Gasteiger partial charge in [0.15, 0.2) is 6.29 Å². The van der Waals surface area contributed by atoms with Gasteiger partial charge >= 0.3 is 6.36 Å². The van der Waals surface area contributed by atoms with Crippen LogP contribution in [-0.2, 0) is 0 Å². The fourth-order valence-corrected chi connectivity index (χ4v) is 2.09. The molecule has 0 amide bonds. The summed E-state index contributed by atoms with van der Waals surface area (Å²) in [5.74, 6) is -0.406. The molecule has 0 saturated heterocycles. The maximum Gasteiger partial charge on any atom is 0.573 e. The highest BCUT2D eigenvalue weighted by molar-refractivity contribution is 6.34. The van der Waals surface area contributed by atoms with Gasteiger partial charge in [-0.15, -0.1) is 13.2 Å². The van der Waals surface area contributed by atoms with Crippen LogP contribution in [0.1, 0.15) is 10.4 Å². The average Bonchev–Trinajstić information content (AvgIpc) is 2.37. The molecule has 0 atom stereocenters. The zero-order valence-electron chi connectivity index (χ0n) is 9.95. The van der Waals surface area contributed by atoms with Gasteiger partial charge in [-0.1, -0.05) is 41.9 Å². The smallest absolute Gasteiger partial charge is 0.405 e. The largest absolute Gasteiger partial charge is 0.573 e. The topological polar surface area (TPSA) is 26.3 Å². The van der Waals surface area contributed by atoms with Crippen LogP contribution in [0.4, 0.5) is 13.2 Å². The zero-order valence-corrected chi connectivity index (χ0v) is 10.7. The molecule has 0 unspecified atom stereocenters. The van der Waals surface area contributed by atoms with E-state index >= 15 is 0 Å². The van der Waals surface area contributed by atoms with Gasteiger partial charge in [-0.2, -0.15) is 0 Å². The number of benzene rings is 2. The summed E-state index contributed by atoms with van der Waals surface area (Å²) in [5.41, 5.74) is 0.511. The van der Waals surface area contributed by atoms with Crippen molar-refractivity contribution in [2.75, 3.05) is 0 Å². The summed E-state index contributed by atoms with van der Waals surface area (Å²) < 4.78 is 41.2. The van der Waals surface area contributed by atoms with E-state index in [2.05, 4.69) is 4.74 Å². The number of carbonyl (C=O) groups is 1. The molecule has 6 heteroatoms. The first-order valence-corrected chi connectivity index (χ1v) is 5.89. The first-order chi connectivity index (χ1) is 9.42. The van der Waals surface area contributed by atoms with Crippen LogP contribution >= 0.6 is 11.6 Å². The third-order valence-corrected chi connectivity index (χ3v) is 2.87. The van der Waals surface area contributed by atoms with Crippen LogP contribution in [-0.4, -0.2) is 12.6 Å². The molecule has 0 aliphatic rings. The molecule has 0 aliphatic carbocycles. The molecule has 0 aromatic heterocycles. The van der Waals surface area contributed by atoms with Crippen molar-refractivity contribution in [3.8, 4) is 16.9 Å². The Hall–Kier alpha value is -2.01. The van der Waals surface area contributed by atoms with Gasteiger partial charge in [0, 0.05) is 21.7 Å². The van der Waals surface area contributed by atoms with Gasteiger partial charge in [-0.3, -0.25) is 4.79 Å². The van der Waals surface area contributed by atoms with E-state index in [0.717, 1.165) is 0 Å². The molecule has 0 aliphatic heterocycles. The third kappa shape index (κ3) is 3.11. The highest BCUT2D eigenvalue weighted by Crippen LogP contribution is 2.38. The lowest BCUT2D eigenvalue weighted by Gasteiger charge is -2.15. The Morgan fingerprint density at radius 2 is 1.75 bits per heavy atom. The molecule has 104 valence electrons. The molecule has 20 heavy (non-hydrogen) atoms. The number of ether oxygens (including phenoxy) is 1. The van der Waals surface area contributed by atoms with Crippen molar-refractivity contribution in [3.63, 3.8) is 0 Å². The van der Waals surface area contributed by atoms with Gasteiger partial charge < -0.3 is 4.74 Å². The predicted molar refractivity (Wildman–Crippen MR) is 69.0 cm³/mol. The Morgan fingerprint density at radius 3 is 2.40 bits per heavy atom. The summed E-state index contributed by atoms with van der Waals surface area (Å²) in [6, 6.07) is 10.0. The number of aldehydes is 1. The molecule has 0 N–H and O–H groups in total. The number of carbonyl (C=O) groups excluding carboxylic acids is 1. The number of hydrogen-bond donors (Lipinski definition) is 0. The van der Waals surface area contributed by atoms with Gasteiger partial charge in [0.2, 0.25) is 0 Å². The molecule has 0 radical (unpaired) electrons. The van der Waals surface area contributed by atoms with Crippen molar-refractivity contribution in [2.24, 2.45) is 0 Å². The van der Waals surface area contributed by atoms with E-state index in [1.54, 1.807) is 6.07 Å². The number of para-hydroxylation sites is 1. The van der Waals surface area contributed by atoms with Crippen molar-refractivity contribution in [2.45, 2.75) is 6.36 Å². The molecule has 0 bridgehead atoms. The Bertz CT molecular complexity index is 639. The van der Waals surface area contributed by atoms with Crippen molar-refractivity contribution in [1.82, 2.24) is 0 Å². The lowest BCUT2D eigenvalue weighted by molar-refractivity contribution is -0.274. The Labute approximate surface area is 117 Å². The minimum atomic E-state index is -4.82. The standard InChI is InChI=1S/C14H8ClF3O2/c15-11-6-3-4-9(8-19)13(11)10-5-1-2-7-12(10)20-14(16,17)18/h1-8H. The van der Waals surface area contributed by atoms with E-state index in [0.29, 0.717) is 6.29 Å². The van der Waals surface area contributed by atoms with Crippen LogP contribution < -0.4 is 4.74 Å². The average molecular weight is 301 g/mol. The highest BCUT2D eigenvalue weighted by Gasteiger charge is 2.32. The minimum absolute atomic E-state index is 0.109. The second kappa shape index (κ2) is 5.54. The fraction of sp³-hybridized carbons (Fsp3) is 0.0714. The van der Waals surface area contributed by atoms with E-state index in [1.807, 2.05) is 0 Å². The molecular formula is C14H8ClF3O2. The molecule has 2 nitrogen and oxygen atoms in total. The third-order valence-electron chi connectivity index (χ3n) is 2.55. The van der Waals surface area contributed by atoms with E-state index in [4.69, 9.17) is 11.6 Å². The first kappa shape index (κ1) is 14.4. The number of alkyl halides is 3. The van der Waals surface area contributed by atoms with Gasteiger partial charge in [0.1, 0.15) is 5.75 Å². The van der Waals surface area contributed by atoms with Crippen molar-refractivity contribution >= 4 is 17.9 Å². The van der Waals surface area contributed by atoms with Gasteiger partial charge in [0.25, 0.3) is 0 Å². The van der Waals surface area contributed by atoms with Crippen LogP contribution in [0.2, 0.25) is 5.02 Å². The molecule has 0 spiro atoms. The molecule has 0 heterocycles. The maximum atomic E-state index is 12.4. The second-order valence-electron chi connectivity index (χ2n) is 3.87. The Morgan fingerprint density at radius 1 is 1.05 bits per heavy atom. The van der Waals surface area contributed by atoms with Crippen LogP contribution in [0.3, 0.4) is 0 Å². The fourth-order valence-electron chi connectivity index (χ4n) is 1.81. The van der Waals surface area contributed by atoms with Gasteiger partial charge in [-0.25, -0.2) is 0 Å². The molecule has 2 rings (SSSR count). The number of rotatable bonds is 3. The Kier molecular flexibility index (Phi) is 3.99. The van der Waals surface area contributed by atoms with Crippen molar-refractivity contribution in [1.29, 1.82) is 0 Å². The van der Waals surface area contributed by atoms with Crippen molar-refractivity contribution in [3.05, 3.63) is 53.1 Å². The summed E-state index contributed by atoms with van der Waals surface area (Å²) in [6.45, 7) is 0. The number of halogens is 4. The maximum absolute atomic E-state index is 12.4. The molecular weight excluding hydrogens is 293 g/mol. The van der Waals surface area contributed by atoms with Crippen LogP contribution in [0.25, 0.3) is 11.1 Å². The predicted octanol–water partition coefficient (Wildman–Crippen LogP) is 4.72. The SMILES string of the molecule is O=Cc1cccc(Cl)c1-c1ccccc1OC(F)(F)F. The minimum Gasteiger partial charge on any atom is -0.405 e. The zero-order chi connectivity index (χ0) is 14.8. The lowest BCUT2D eigenvalue weighted by Crippen LogP contribution is -2.17. The van der Waals surface area contributed by atoms with Crippen LogP contribution in [0.15, 0.2) is 42.5 Å². The molecule has 0 fully saturated rings. The molecule has 2 aromatic rings. The van der Waals surface area contributed by atoms with Gasteiger partial charge in [0.05, 0.1) is 0 Å². The second-order valence-corrected chi connectivity index (χ2v) is 4.27. The summed E-state index contributed by atoms with van der Waals surface area (Å²) in [6.07, 6.45) is -4.29. The van der Waals surface area contributed by atoms with Crippen LogP contribution in [0, 0.1) is 0 Å². The van der Waals surface area contributed by atoms with E-state index in [1.165, 1.54) is 36.4 Å². The summed E-state index contributed by atoms with van der Waals surface area (Å²) >= 11 is 5.99. The number of hydrogen-bond acceptors (Lipinski definition) is 2. The van der Waals surface area contributed by atoms with E-state index < -0.39 is 12.1 Å². The Balaban J connectivity index is 2.62. The normalized spacial score (nSPS) is 11.2. The summed E-state index contributed by atoms with van der Waals surface area (Å²) in [4.78, 5) is 11.0. The van der Waals surface area contributed by atoms with Crippen molar-refractivity contribution < 1.29 is 22.7 Å². The molecule has 2 aromatic carbocycles. The monoisotopic (exact) mass is 300 g/mol. The van der Waals surface area contributed by atoms with E-state index in [9.17, 15) is 18.0 Å². The lowest BCUT2D eigenvalue weighted by atomic mass is 9.99.